The molecule has 0 unspecified atom stereocenters. The maximum Gasteiger partial charge on any atom is 0.244 e. The first-order valence-electron chi connectivity index (χ1n) is 8.79. The smallest absolute Gasteiger partial charge is 0.244 e. The van der Waals surface area contributed by atoms with Crippen molar-refractivity contribution in [2.75, 3.05) is 0 Å². The highest BCUT2D eigenvalue weighted by Crippen LogP contribution is 2.44. The summed E-state index contributed by atoms with van der Waals surface area (Å²) in [5.41, 5.74) is 8.42. The van der Waals surface area contributed by atoms with Gasteiger partial charge in [-0.25, -0.2) is 4.39 Å². The number of ether oxygens (including phenoxy) is 2. The minimum Gasteiger partial charge on any atom is -0.454 e. The van der Waals surface area contributed by atoms with E-state index >= 15 is 0 Å². The molecule has 2 heterocycles. The fourth-order valence-corrected chi connectivity index (χ4v) is 3.30. The van der Waals surface area contributed by atoms with Crippen molar-refractivity contribution < 1.29 is 13.9 Å². The van der Waals surface area contributed by atoms with Gasteiger partial charge in [0.15, 0.2) is 11.6 Å². The number of aromatic amines is 1. The number of H-pyrrole nitrogens is 1. The molecule has 6 nitrogen and oxygen atoms in total. The summed E-state index contributed by atoms with van der Waals surface area (Å²) in [6.45, 7) is 1.97. The Kier molecular flexibility index (Phi) is 4.45. The van der Waals surface area contributed by atoms with Gasteiger partial charge in [-0.1, -0.05) is 31.2 Å². The maximum atomic E-state index is 14.4. The van der Waals surface area contributed by atoms with Crippen LogP contribution in [0.25, 0.3) is 0 Å². The van der Waals surface area contributed by atoms with E-state index in [1.807, 2.05) is 13.0 Å². The highest BCUT2D eigenvalue weighted by Gasteiger charge is 2.35. The van der Waals surface area contributed by atoms with Gasteiger partial charge >= 0.3 is 0 Å². The number of nitrogens with zero attached hydrogens (tertiary/aromatic N) is 2. The van der Waals surface area contributed by atoms with E-state index in [0.717, 1.165) is 11.3 Å². The summed E-state index contributed by atoms with van der Waals surface area (Å²) in [6, 6.07) is 15.6. The lowest BCUT2D eigenvalue weighted by Crippen LogP contribution is -2.21. The SMILES string of the molecule is CCc1[nH]nc2c1[C@H](c1ccc(F)c(Oc3ccccc3)c1)C(C#N)=C(N)O2. The van der Waals surface area contributed by atoms with Crippen molar-refractivity contribution in [3.8, 4) is 23.4 Å². The van der Waals surface area contributed by atoms with Crippen LogP contribution in [0.2, 0.25) is 0 Å². The van der Waals surface area contributed by atoms with Gasteiger partial charge in [-0.05, 0) is 36.2 Å². The second-order valence-electron chi connectivity index (χ2n) is 6.30. The molecule has 0 bridgehead atoms. The number of halogens is 1. The summed E-state index contributed by atoms with van der Waals surface area (Å²) < 4.78 is 25.6. The monoisotopic (exact) mass is 376 g/mol. The van der Waals surface area contributed by atoms with E-state index in [1.165, 1.54) is 6.07 Å². The van der Waals surface area contributed by atoms with Crippen LogP contribution in [0, 0.1) is 17.1 Å². The average Bonchev–Trinajstić information content (AvgIpc) is 3.12. The third kappa shape index (κ3) is 2.95. The number of aryl methyl sites for hydroxylation is 1. The molecule has 28 heavy (non-hydrogen) atoms. The number of allylic oxidation sites excluding steroid dienone is 1. The first kappa shape index (κ1) is 17.6. The zero-order chi connectivity index (χ0) is 19.7. The van der Waals surface area contributed by atoms with Crippen LogP contribution in [0.15, 0.2) is 60.0 Å². The number of aromatic nitrogens is 2. The number of nitrogens with one attached hydrogen (secondary N) is 1. The molecule has 0 saturated heterocycles. The number of benzene rings is 2. The number of rotatable bonds is 4. The lowest BCUT2D eigenvalue weighted by molar-refractivity contribution is 0.378. The van der Waals surface area contributed by atoms with Gasteiger partial charge < -0.3 is 15.2 Å². The topological polar surface area (TPSA) is 97.0 Å². The van der Waals surface area contributed by atoms with Gasteiger partial charge in [-0.3, -0.25) is 5.10 Å². The molecule has 140 valence electrons. The molecule has 0 aliphatic carbocycles. The summed E-state index contributed by atoms with van der Waals surface area (Å²) in [5.74, 6) is -0.134. The van der Waals surface area contributed by atoms with Crippen molar-refractivity contribution in [2.45, 2.75) is 19.3 Å². The van der Waals surface area contributed by atoms with Crippen LogP contribution in [0.5, 0.6) is 17.4 Å². The fraction of sp³-hybridized carbons (Fsp3) is 0.143. The van der Waals surface area contributed by atoms with E-state index < -0.39 is 11.7 Å². The van der Waals surface area contributed by atoms with Crippen molar-refractivity contribution in [3.63, 3.8) is 0 Å². The van der Waals surface area contributed by atoms with E-state index in [4.69, 9.17) is 15.2 Å². The Morgan fingerprint density at radius 1 is 1.29 bits per heavy atom. The van der Waals surface area contributed by atoms with Crippen molar-refractivity contribution in [3.05, 3.63) is 82.6 Å². The third-order valence-corrected chi connectivity index (χ3v) is 4.63. The van der Waals surface area contributed by atoms with Gasteiger partial charge in [0.1, 0.15) is 17.4 Å². The first-order chi connectivity index (χ1) is 13.6. The van der Waals surface area contributed by atoms with E-state index in [1.54, 1.807) is 36.4 Å². The van der Waals surface area contributed by atoms with E-state index in [2.05, 4.69) is 16.3 Å². The number of para-hydroxylation sites is 1. The van der Waals surface area contributed by atoms with Crippen LogP contribution in [0.4, 0.5) is 4.39 Å². The second-order valence-corrected chi connectivity index (χ2v) is 6.30. The second kappa shape index (κ2) is 7.08. The van der Waals surface area contributed by atoms with Crippen molar-refractivity contribution in [2.24, 2.45) is 5.73 Å². The van der Waals surface area contributed by atoms with Crippen LogP contribution in [-0.4, -0.2) is 10.2 Å². The minimum absolute atomic E-state index is 0.0102. The molecule has 1 aliphatic rings. The largest absolute Gasteiger partial charge is 0.454 e. The molecule has 1 aliphatic heterocycles. The van der Waals surface area contributed by atoms with Gasteiger partial charge in [0, 0.05) is 11.3 Å². The molecule has 0 radical (unpaired) electrons. The van der Waals surface area contributed by atoms with Crippen LogP contribution >= 0.6 is 0 Å². The lowest BCUT2D eigenvalue weighted by atomic mass is 9.83. The average molecular weight is 376 g/mol. The number of nitrogens with two attached hydrogens (primary N) is 1. The lowest BCUT2D eigenvalue weighted by Gasteiger charge is -2.24. The number of nitriles is 1. The van der Waals surface area contributed by atoms with Crippen molar-refractivity contribution in [1.29, 1.82) is 5.26 Å². The Hall–Kier alpha value is -3.79. The Morgan fingerprint density at radius 2 is 2.07 bits per heavy atom. The molecule has 7 heteroatoms. The van der Waals surface area contributed by atoms with Gasteiger partial charge in [0.05, 0.1) is 5.92 Å². The molecule has 0 amide bonds. The molecular formula is C21H17FN4O2. The van der Waals surface area contributed by atoms with Crippen molar-refractivity contribution in [1.82, 2.24) is 10.2 Å². The zero-order valence-corrected chi connectivity index (χ0v) is 15.1. The first-order valence-corrected chi connectivity index (χ1v) is 8.79. The normalized spacial score (nSPS) is 15.5. The fourth-order valence-electron chi connectivity index (χ4n) is 3.30. The number of fused-ring (bicyclic) bond motifs is 1. The van der Waals surface area contributed by atoms with Crippen LogP contribution in [0.1, 0.15) is 29.7 Å². The van der Waals surface area contributed by atoms with Gasteiger partial charge in [-0.15, -0.1) is 5.10 Å². The molecule has 3 N–H and O–H groups in total. The molecule has 0 fully saturated rings. The summed E-state index contributed by atoms with van der Waals surface area (Å²) in [7, 11) is 0. The predicted octanol–water partition coefficient (Wildman–Crippen LogP) is 4.12. The molecule has 0 saturated carbocycles. The third-order valence-electron chi connectivity index (χ3n) is 4.63. The van der Waals surface area contributed by atoms with Crippen LogP contribution < -0.4 is 15.2 Å². The number of hydrogen-bond acceptors (Lipinski definition) is 5. The van der Waals surface area contributed by atoms with Crippen molar-refractivity contribution >= 4 is 0 Å². The molecule has 0 spiro atoms. The van der Waals surface area contributed by atoms with Gasteiger partial charge in [-0.2, -0.15) is 5.26 Å². The quantitative estimate of drug-likeness (QED) is 0.714. The van der Waals surface area contributed by atoms with Crippen LogP contribution in [-0.2, 0) is 6.42 Å². The number of hydrogen-bond donors (Lipinski definition) is 2. The summed E-state index contributed by atoms with van der Waals surface area (Å²) in [6.07, 6.45) is 0.662. The Labute approximate surface area is 161 Å². The predicted molar refractivity (Wildman–Crippen MR) is 100 cm³/mol. The summed E-state index contributed by atoms with van der Waals surface area (Å²) >= 11 is 0. The molecule has 3 aromatic rings. The van der Waals surface area contributed by atoms with E-state index in [9.17, 15) is 9.65 Å². The Bertz CT molecular complexity index is 1100. The Morgan fingerprint density at radius 3 is 2.79 bits per heavy atom. The molecule has 2 aromatic carbocycles. The standard InChI is InChI=1S/C21H17FN4O2/c1-2-16-19-18(14(11-23)20(24)28-21(19)26-25-16)12-8-9-15(22)17(10-12)27-13-6-4-3-5-7-13/h3-10,18H,2,24H2,1H3,(H,25,26)/t18-/m1/s1. The highest BCUT2D eigenvalue weighted by molar-refractivity contribution is 5.56. The summed E-state index contributed by atoms with van der Waals surface area (Å²) in [4.78, 5) is 0. The molecule has 1 aromatic heterocycles. The molecule has 1 atom stereocenters. The van der Waals surface area contributed by atoms with Gasteiger partial charge in [0.25, 0.3) is 0 Å². The molecule has 4 rings (SSSR count). The van der Waals surface area contributed by atoms with E-state index in [-0.39, 0.29) is 17.2 Å². The van der Waals surface area contributed by atoms with Crippen LogP contribution in [0.3, 0.4) is 0 Å². The molecular weight excluding hydrogens is 359 g/mol. The zero-order valence-electron chi connectivity index (χ0n) is 15.1. The minimum atomic E-state index is -0.527. The Balaban J connectivity index is 1.83. The van der Waals surface area contributed by atoms with E-state index in [0.29, 0.717) is 23.6 Å². The summed E-state index contributed by atoms with van der Waals surface area (Å²) in [5, 5.41) is 16.8. The van der Waals surface area contributed by atoms with Gasteiger partial charge in [0.2, 0.25) is 11.8 Å². The maximum absolute atomic E-state index is 14.4. The highest BCUT2D eigenvalue weighted by atomic mass is 19.1.